The summed E-state index contributed by atoms with van der Waals surface area (Å²) in [5, 5.41) is 0. The summed E-state index contributed by atoms with van der Waals surface area (Å²) >= 11 is 0. The lowest BCUT2D eigenvalue weighted by Crippen LogP contribution is -2.39. The van der Waals surface area contributed by atoms with Crippen molar-refractivity contribution in [1.82, 2.24) is 4.90 Å². The molecule has 0 saturated heterocycles. The van der Waals surface area contributed by atoms with Gasteiger partial charge in [-0.2, -0.15) is 0 Å². The normalized spacial score (nSPS) is 13.0. The van der Waals surface area contributed by atoms with Crippen molar-refractivity contribution < 1.29 is 14.3 Å². The maximum absolute atomic E-state index is 12.4. The molecule has 2 aromatic rings. The molecule has 0 radical (unpaired) electrons. The molecule has 1 aliphatic rings. The SMILES string of the molecule is C=CCOc1cccc(N(C)CN2C(=O)c3ccccc3C2=O)c1. The van der Waals surface area contributed by atoms with Crippen LogP contribution in [0.1, 0.15) is 20.7 Å². The zero-order valence-electron chi connectivity index (χ0n) is 13.4. The number of fused-ring (bicyclic) bond motifs is 1. The number of anilines is 1. The van der Waals surface area contributed by atoms with Crippen molar-refractivity contribution in [3.05, 3.63) is 72.3 Å². The second-order valence-corrected chi connectivity index (χ2v) is 5.52. The summed E-state index contributed by atoms with van der Waals surface area (Å²) in [6.45, 7) is 4.22. The number of rotatable bonds is 6. The summed E-state index contributed by atoms with van der Waals surface area (Å²) in [6, 6.07) is 14.4. The lowest BCUT2D eigenvalue weighted by molar-refractivity contribution is 0.0656. The predicted octanol–water partition coefficient (Wildman–Crippen LogP) is 2.94. The molecule has 1 heterocycles. The van der Waals surface area contributed by atoms with Crippen LogP contribution >= 0.6 is 0 Å². The van der Waals surface area contributed by atoms with Crippen LogP contribution in [0.2, 0.25) is 0 Å². The Balaban J connectivity index is 1.76. The van der Waals surface area contributed by atoms with E-state index in [4.69, 9.17) is 4.74 Å². The molecule has 2 aromatic carbocycles. The van der Waals surface area contributed by atoms with E-state index in [1.165, 1.54) is 4.90 Å². The Kier molecular flexibility index (Phi) is 4.33. The molecule has 0 aromatic heterocycles. The first kappa shape index (κ1) is 15.8. The van der Waals surface area contributed by atoms with E-state index in [1.54, 1.807) is 30.3 Å². The molecule has 122 valence electrons. The summed E-state index contributed by atoms with van der Waals surface area (Å²) in [6.07, 6.45) is 1.68. The van der Waals surface area contributed by atoms with Gasteiger partial charge in [0.15, 0.2) is 0 Å². The average molecular weight is 322 g/mol. The molecule has 0 fully saturated rings. The van der Waals surface area contributed by atoms with Gasteiger partial charge >= 0.3 is 0 Å². The topological polar surface area (TPSA) is 49.9 Å². The van der Waals surface area contributed by atoms with Gasteiger partial charge in [0.25, 0.3) is 11.8 Å². The quantitative estimate of drug-likeness (QED) is 0.606. The minimum atomic E-state index is -0.262. The monoisotopic (exact) mass is 322 g/mol. The first-order chi connectivity index (χ1) is 11.6. The summed E-state index contributed by atoms with van der Waals surface area (Å²) in [5.74, 6) is 0.185. The summed E-state index contributed by atoms with van der Waals surface area (Å²) in [4.78, 5) is 27.9. The molecule has 24 heavy (non-hydrogen) atoms. The van der Waals surface area contributed by atoms with Crippen molar-refractivity contribution in [2.24, 2.45) is 0 Å². The minimum Gasteiger partial charge on any atom is -0.489 e. The molecule has 0 saturated carbocycles. The molecule has 0 atom stereocenters. The van der Waals surface area contributed by atoms with Gasteiger partial charge in [0.2, 0.25) is 0 Å². The van der Waals surface area contributed by atoms with Crippen LogP contribution in [-0.4, -0.2) is 37.0 Å². The van der Waals surface area contributed by atoms with Crippen LogP contribution in [-0.2, 0) is 0 Å². The van der Waals surface area contributed by atoms with E-state index in [2.05, 4.69) is 6.58 Å². The number of carbonyl (C=O) groups is 2. The lowest BCUT2D eigenvalue weighted by Gasteiger charge is -2.25. The number of carbonyl (C=O) groups excluding carboxylic acids is 2. The van der Waals surface area contributed by atoms with E-state index < -0.39 is 0 Å². The Bertz CT molecular complexity index is 766. The number of ether oxygens (including phenoxy) is 1. The highest BCUT2D eigenvalue weighted by molar-refractivity contribution is 6.21. The molecular weight excluding hydrogens is 304 g/mol. The van der Waals surface area contributed by atoms with Gasteiger partial charge in [0.05, 0.1) is 11.1 Å². The molecular formula is C19H18N2O3. The van der Waals surface area contributed by atoms with Crippen molar-refractivity contribution in [3.63, 3.8) is 0 Å². The Labute approximate surface area is 140 Å². The minimum absolute atomic E-state index is 0.178. The van der Waals surface area contributed by atoms with Gasteiger partial charge in [0.1, 0.15) is 19.0 Å². The number of hydrogen-bond acceptors (Lipinski definition) is 4. The largest absolute Gasteiger partial charge is 0.489 e. The maximum atomic E-state index is 12.4. The fourth-order valence-corrected chi connectivity index (χ4v) is 2.63. The smallest absolute Gasteiger partial charge is 0.263 e. The van der Waals surface area contributed by atoms with Gasteiger partial charge < -0.3 is 9.64 Å². The Morgan fingerprint density at radius 3 is 2.38 bits per heavy atom. The highest BCUT2D eigenvalue weighted by atomic mass is 16.5. The van der Waals surface area contributed by atoms with Gasteiger partial charge in [-0.3, -0.25) is 14.5 Å². The number of hydrogen-bond donors (Lipinski definition) is 0. The zero-order valence-corrected chi connectivity index (χ0v) is 13.4. The van der Waals surface area contributed by atoms with E-state index >= 15 is 0 Å². The molecule has 0 unspecified atom stereocenters. The van der Waals surface area contributed by atoms with Crippen LogP contribution in [0.5, 0.6) is 5.75 Å². The lowest BCUT2D eigenvalue weighted by atomic mass is 10.1. The van der Waals surface area contributed by atoms with Crippen LogP contribution in [0.25, 0.3) is 0 Å². The molecule has 3 rings (SSSR count). The second-order valence-electron chi connectivity index (χ2n) is 5.52. The van der Waals surface area contributed by atoms with Crippen molar-refractivity contribution in [1.29, 1.82) is 0 Å². The standard InChI is InChI=1S/C19H18N2O3/c1-3-11-24-15-8-6-7-14(12-15)20(2)13-21-18(22)16-9-4-5-10-17(16)19(21)23/h3-10,12H,1,11,13H2,2H3. The van der Waals surface area contributed by atoms with E-state index in [0.29, 0.717) is 23.5 Å². The Morgan fingerprint density at radius 2 is 1.75 bits per heavy atom. The maximum Gasteiger partial charge on any atom is 0.263 e. The first-order valence-corrected chi connectivity index (χ1v) is 7.62. The molecule has 0 bridgehead atoms. The van der Waals surface area contributed by atoms with Gasteiger partial charge in [-0.1, -0.05) is 30.9 Å². The van der Waals surface area contributed by atoms with Crippen molar-refractivity contribution in [2.75, 3.05) is 25.2 Å². The fraction of sp³-hybridized carbons (Fsp3) is 0.158. The van der Waals surface area contributed by atoms with Gasteiger partial charge in [0, 0.05) is 18.8 Å². The van der Waals surface area contributed by atoms with Crippen molar-refractivity contribution in [3.8, 4) is 5.75 Å². The van der Waals surface area contributed by atoms with Gasteiger partial charge in [-0.15, -0.1) is 0 Å². The molecule has 5 heteroatoms. The molecule has 0 spiro atoms. The third-order valence-electron chi connectivity index (χ3n) is 3.86. The predicted molar refractivity (Wildman–Crippen MR) is 92.3 cm³/mol. The average Bonchev–Trinajstić information content (AvgIpc) is 2.85. The first-order valence-electron chi connectivity index (χ1n) is 7.62. The molecule has 5 nitrogen and oxygen atoms in total. The number of amides is 2. The van der Waals surface area contributed by atoms with Crippen molar-refractivity contribution >= 4 is 17.5 Å². The van der Waals surface area contributed by atoms with E-state index in [0.717, 1.165) is 5.69 Å². The van der Waals surface area contributed by atoms with Gasteiger partial charge in [-0.05, 0) is 24.3 Å². The zero-order chi connectivity index (χ0) is 17.1. The Morgan fingerprint density at radius 1 is 1.08 bits per heavy atom. The third-order valence-corrected chi connectivity index (χ3v) is 3.86. The van der Waals surface area contributed by atoms with E-state index in [-0.39, 0.29) is 18.5 Å². The van der Waals surface area contributed by atoms with Crippen LogP contribution in [0, 0.1) is 0 Å². The number of nitrogens with zero attached hydrogens (tertiary/aromatic N) is 2. The van der Waals surface area contributed by atoms with Gasteiger partial charge in [-0.25, -0.2) is 0 Å². The molecule has 0 aliphatic carbocycles. The highest BCUT2D eigenvalue weighted by Gasteiger charge is 2.35. The molecule has 2 amide bonds. The van der Waals surface area contributed by atoms with Crippen LogP contribution in [0.4, 0.5) is 5.69 Å². The molecule has 1 aliphatic heterocycles. The van der Waals surface area contributed by atoms with Crippen LogP contribution in [0.15, 0.2) is 61.2 Å². The highest BCUT2D eigenvalue weighted by Crippen LogP contribution is 2.25. The summed E-state index contributed by atoms with van der Waals surface area (Å²) in [7, 11) is 1.83. The summed E-state index contributed by atoms with van der Waals surface area (Å²) in [5.41, 5.74) is 1.77. The van der Waals surface area contributed by atoms with E-state index in [9.17, 15) is 9.59 Å². The second kappa shape index (κ2) is 6.58. The van der Waals surface area contributed by atoms with E-state index in [1.807, 2.05) is 36.2 Å². The fourth-order valence-electron chi connectivity index (χ4n) is 2.63. The summed E-state index contributed by atoms with van der Waals surface area (Å²) < 4.78 is 5.52. The van der Waals surface area contributed by atoms with Crippen LogP contribution in [0.3, 0.4) is 0 Å². The number of benzene rings is 2. The molecule has 0 N–H and O–H groups in total. The van der Waals surface area contributed by atoms with Crippen molar-refractivity contribution in [2.45, 2.75) is 0 Å². The number of imide groups is 1. The third kappa shape index (κ3) is 2.88. The van der Waals surface area contributed by atoms with Crippen LogP contribution < -0.4 is 9.64 Å². The Hall–Kier alpha value is -3.08.